The van der Waals surface area contributed by atoms with E-state index in [1.165, 1.54) is 35.6 Å². The van der Waals surface area contributed by atoms with Crippen LogP contribution in [0.25, 0.3) is 10.2 Å². The largest absolute Gasteiger partial charge is 0.317 e. The van der Waals surface area contributed by atoms with Crippen molar-refractivity contribution in [3.63, 3.8) is 0 Å². The number of nitro benzene ring substituents is 1. The molecule has 4 rings (SSSR count). The number of carbonyl (C=O) groups is 3. The quantitative estimate of drug-likeness (QED) is 0.363. The van der Waals surface area contributed by atoms with Crippen LogP contribution in [0.1, 0.15) is 30.1 Å². The summed E-state index contributed by atoms with van der Waals surface area (Å²) >= 11 is 1.20. The van der Waals surface area contributed by atoms with E-state index in [9.17, 15) is 24.5 Å². The number of nitro groups is 1. The molecule has 0 radical (unpaired) electrons. The fourth-order valence-electron chi connectivity index (χ4n) is 3.34. The molecule has 9 nitrogen and oxygen atoms in total. The number of aromatic nitrogens is 1. The molecule has 0 saturated carbocycles. The number of hydrogen-bond donors (Lipinski definition) is 0. The molecule has 3 amide bonds. The predicted molar refractivity (Wildman–Crippen MR) is 110 cm³/mol. The van der Waals surface area contributed by atoms with Crippen molar-refractivity contribution >= 4 is 50.6 Å². The molecular weight excluding hydrogens is 408 g/mol. The number of carbonyl (C=O) groups excluding carboxylic acids is 3. The number of amides is 3. The van der Waals surface area contributed by atoms with Crippen LogP contribution < -0.4 is 9.70 Å². The van der Waals surface area contributed by atoms with Gasteiger partial charge in [0, 0.05) is 37.1 Å². The van der Waals surface area contributed by atoms with Crippen LogP contribution in [0.5, 0.6) is 0 Å². The molecule has 0 aliphatic carbocycles. The van der Waals surface area contributed by atoms with Gasteiger partial charge in [0.15, 0.2) is 4.80 Å². The lowest BCUT2D eigenvalue weighted by atomic mass is 10.2. The second kappa shape index (κ2) is 7.64. The van der Waals surface area contributed by atoms with Crippen LogP contribution in [0.4, 0.5) is 11.4 Å². The Kier molecular flexibility index (Phi) is 5.00. The van der Waals surface area contributed by atoms with E-state index < -0.39 is 10.8 Å². The fourth-order valence-corrected chi connectivity index (χ4v) is 4.46. The summed E-state index contributed by atoms with van der Waals surface area (Å²) in [5, 5.41) is 11.0. The molecule has 1 aromatic heterocycles. The Morgan fingerprint density at radius 3 is 2.40 bits per heavy atom. The zero-order chi connectivity index (χ0) is 21.4. The molecule has 3 aromatic rings. The third-order valence-electron chi connectivity index (χ3n) is 4.81. The van der Waals surface area contributed by atoms with E-state index in [2.05, 4.69) is 4.99 Å². The smallest absolute Gasteiger partial charge is 0.279 e. The Balaban J connectivity index is 1.68. The molecule has 0 bridgehead atoms. The van der Waals surface area contributed by atoms with Gasteiger partial charge in [-0.05, 0) is 37.3 Å². The van der Waals surface area contributed by atoms with E-state index in [1.54, 1.807) is 18.2 Å². The Hall–Kier alpha value is -3.66. The summed E-state index contributed by atoms with van der Waals surface area (Å²) in [5.74, 6) is -0.997. The molecular formula is C20H16N4O5S. The number of thiazole rings is 1. The highest BCUT2D eigenvalue weighted by molar-refractivity contribution is 7.16. The van der Waals surface area contributed by atoms with E-state index >= 15 is 0 Å². The van der Waals surface area contributed by atoms with Crippen LogP contribution in [-0.2, 0) is 16.1 Å². The second-order valence-corrected chi connectivity index (χ2v) is 7.63. The number of fused-ring (bicyclic) bond motifs is 1. The molecule has 152 valence electrons. The average Bonchev–Trinajstić information content (AvgIpc) is 3.25. The molecule has 1 fully saturated rings. The van der Waals surface area contributed by atoms with Crippen molar-refractivity contribution in [2.45, 2.75) is 26.3 Å². The highest BCUT2D eigenvalue weighted by Crippen LogP contribution is 2.24. The average molecular weight is 424 g/mol. The first kappa shape index (κ1) is 19.6. The molecule has 10 heteroatoms. The molecule has 1 aliphatic heterocycles. The van der Waals surface area contributed by atoms with Gasteiger partial charge in [-0.3, -0.25) is 29.4 Å². The Morgan fingerprint density at radius 1 is 1.13 bits per heavy atom. The zero-order valence-electron chi connectivity index (χ0n) is 15.9. The van der Waals surface area contributed by atoms with Gasteiger partial charge < -0.3 is 4.57 Å². The third kappa shape index (κ3) is 3.41. The topological polar surface area (TPSA) is 115 Å². The zero-order valence-corrected chi connectivity index (χ0v) is 16.7. The first-order chi connectivity index (χ1) is 14.4. The summed E-state index contributed by atoms with van der Waals surface area (Å²) in [6, 6.07) is 10.7. The second-order valence-electron chi connectivity index (χ2n) is 6.62. The van der Waals surface area contributed by atoms with Crippen molar-refractivity contribution in [1.82, 2.24) is 4.57 Å². The number of anilines is 1. The summed E-state index contributed by atoms with van der Waals surface area (Å²) in [6.45, 7) is 2.44. The molecule has 1 saturated heterocycles. The standard InChI is InChI=1S/C20H16N4O5S/c1-2-22-15-8-7-14(24(28)29)11-16(15)30-20(22)21-19(27)12-3-5-13(6-4-12)23-17(25)9-10-18(23)26/h3-8,11H,2,9-10H2,1H3. The summed E-state index contributed by atoms with van der Waals surface area (Å²) in [7, 11) is 0. The summed E-state index contributed by atoms with van der Waals surface area (Å²) in [6.07, 6.45) is 0.381. The van der Waals surface area contributed by atoms with Gasteiger partial charge in [-0.15, -0.1) is 0 Å². The normalized spacial score (nSPS) is 14.7. The van der Waals surface area contributed by atoms with Crippen LogP contribution in [0.2, 0.25) is 0 Å². The Morgan fingerprint density at radius 2 is 1.80 bits per heavy atom. The maximum atomic E-state index is 12.7. The molecule has 30 heavy (non-hydrogen) atoms. The van der Waals surface area contributed by atoms with E-state index in [0.717, 1.165) is 10.4 Å². The molecule has 2 aromatic carbocycles. The highest BCUT2D eigenvalue weighted by Gasteiger charge is 2.30. The maximum absolute atomic E-state index is 12.7. The summed E-state index contributed by atoms with van der Waals surface area (Å²) < 4.78 is 2.48. The molecule has 1 aliphatic rings. The van der Waals surface area contributed by atoms with Gasteiger partial charge in [-0.2, -0.15) is 4.99 Å². The van der Waals surface area contributed by atoms with Crippen molar-refractivity contribution in [1.29, 1.82) is 0 Å². The minimum Gasteiger partial charge on any atom is -0.317 e. The summed E-state index contributed by atoms with van der Waals surface area (Å²) in [4.78, 5) is 52.7. The van der Waals surface area contributed by atoms with E-state index in [-0.39, 0.29) is 30.3 Å². The molecule has 0 spiro atoms. The van der Waals surface area contributed by atoms with Gasteiger partial charge in [0.05, 0.1) is 20.8 Å². The minimum absolute atomic E-state index is 0.0218. The van der Waals surface area contributed by atoms with Gasteiger partial charge in [0.25, 0.3) is 11.6 Å². The van der Waals surface area contributed by atoms with Gasteiger partial charge in [-0.25, -0.2) is 0 Å². The van der Waals surface area contributed by atoms with Crippen molar-refractivity contribution in [3.05, 3.63) is 62.9 Å². The van der Waals surface area contributed by atoms with Crippen LogP contribution >= 0.6 is 11.3 Å². The monoisotopic (exact) mass is 424 g/mol. The highest BCUT2D eigenvalue weighted by atomic mass is 32.1. The minimum atomic E-state index is -0.483. The molecule has 2 heterocycles. The number of imide groups is 1. The molecule has 0 N–H and O–H groups in total. The number of benzene rings is 2. The van der Waals surface area contributed by atoms with Crippen LogP contribution in [0, 0.1) is 10.1 Å². The van der Waals surface area contributed by atoms with Crippen LogP contribution in [0.15, 0.2) is 47.5 Å². The predicted octanol–water partition coefficient (Wildman–Crippen LogP) is 3.03. The lowest BCUT2D eigenvalue weighted by Gasteiger charge is -2.13. The van der Waals surface area contributed by atoms with Crippen LogP contribution in [0.3, 0.4) is 0 Å². The lowest BCUT2D eigenvalue weighted by Crippen LogP contribution is -2.28. The first-order valence-corrected chi connectivity index (χ1v) is 10.0. The van der Waals surface area contributed by atoms with Crippen molar-refractivity contribution in [3.8, 4) is 0 Å². The van der Waals surface area contributed by atoms with Gasteiger partial charge in [-0.1, -0.05) is 11.3 Å². The molecule has 0 unspecified atom stereocenters. The lowest BCUT2D eigenvalue weighted by molar-refractivity contribution is -0.384. The van der Waals surface area contributed by atoms with Crippen molar-refractivity contribution in [2.24, 2.45) is 4.99 Å². The first-order valence-electron chi connectivity index (χ1n) is 9.21. The van der Waals surface area contributed by atoms with E-state index in [1.807, 2.05) is 11.5 Å². The van der Waals surface area contributed by atoms with E-state index in [0.29, 0.717) is 27.3 Å². The Bertz CT molecular complexity index is 1260. The maximum Gasteiger partial charge on any atom is 0.279 e. The van der Waals surface area contributed by atoms with Crippen LogP contribution in [-0.4, -0.2) is 27.2 Å². The number of non-ortho nitro benzene ring substituents is 1. The van der Waals surface area contributed by atoms with Crippen molar-refractivity contribution < 1.29 is 19.3 Å². The number of nitrogens with zero attached hydrogens (tertiary/aromatic N) is 4. The fraction of sp³-hybridized carbons (Fsp3) is 0.200. The summed E-state index contributed by atoms with van der Waals surface area (Å²) in [5.41, 5.74) is 1.48. The van der Waals surface area contributed by atoms with E-state index in [4.69, 9.17) is 0 Å². The number of aryl methyl sites for hydroxylation is 1. The van der Waals surface area contributed by atoms with Gasteiger partial charge in [0.1, 0.15) is 0 Å². The van der Waals surface area contributed by atoms with Crippen molar-refractivity contribution in [2.75, 3.05) is 4.90 Å². The third-order valence-corrected chi connectivity index (χ3v) is 5.86. The SMILES string of the molecule is CCn1c(=NC(=O)c2ccc(N3C(=O)CCC3=O)cc2)sc2cc([N+](=O)[O-])ccc21. The number of rotatable bonds is 4. The van der Waals surface area contributed by atoms with Gasteiger partial charge in [0.2, 0.25) is 11.8 Å². The Labute approximate surface area is 174 Å². The molecule has 0 atom stereocenters. The number of hydrogen-bond acceptors (Lipinski definition) is 6. The van der Waals surface area contributed by atoms with Gasteiger partial charge >= 0.3 is 0 Å².